The Morgan fingerprint density at radius 1 is 1.23 bits per heavy atom. The van der Waals surface area contributed by atoms with E-state index < -0.39 is 0 Å². The number of carbonyl (C=O) groups excluding carboxylic acids is 1. The minimum Gasteiger partial charge on any atom is -0.343 e. The van der Waals surface area contributed by atoms with Crippen LogP contribution in [0.15, 0.2) is 48.8 Å². The van der Waals surface area contributed by atoms with Gasteiger partial charge in [0.15, 0.2) is 5.82 Å². The Labute approximate surface area is 152 Å². The number of piperidine rings is 1. The molecule has 1 aromatic carbocycles. The van der Waals surface area contributed by atoms with Gasteiger partial charge in [0, 0.05) is 42.7 Å². The average Bonchev–Trinajstić information content (AvgIpc) is 3.23. The number of benzene rings is 1. The maximum absolute atomic E-state index is 12.8. The third-order valence-electron chi connectivity index (χ3n) is 4.71. The standard InChI is InChI=1S/C20H21N5O/c1-14-12-17(19-21-9-10-22-19)24-18(23-14)16-8-5-11-25(13-16)20(26)15-6-3-2-4-7-15/h2-4,6-7,9-10,12,16H,5,8,11,13H2,1H3,(H,21,22)/t16-/m0/s1. The second-order valence-electron chi connectivity index (χ2n) is 6.65. The number of nitrogens with zero attached hydrogens (tertiary/aromatic N) is 4. The number of H-pyrrole nitrogens is 1. The van der Waals surface area contributed by atoms with E-state index in [1.807, 2.05) is 48.2 Å². The number of hydrogen-bond donors (Lipinski definition) is 1. The summed E-state index contributed by atoms with van der Waals surface area (Å²) in [5, 5.41) is 0. The van der Waals surface area contributed by atoms with Gasteiger partial charge in [0.2, 0.25) is 0 Å². The summed E-state index contributed by atoms with van der Waals surface area (Å²) in [5.41, 5.74) is 2.44. The van der Waals surface area contributed by atoms with Crippen molar-refractivity contribution in [2.45, 2.75) is 25.7 Å². The van der Waals surface area contributed by atoms with Crippen LogP contribution in [0, 0.1) is 6.92 Å². The normalized spacial score (nSPS) is 17.3. The van der Waals surface area contributed by atoms with E-state index in [1.54, 1.807) is 12.4 Å². The predicted molar refractivity (Wildman–Crippen MR) is 98.7 cm³/mol. The molecule has 0 saturated carbocycles. The maximum Gasteiger partial charge on any atom is 0.253 e. The fourth-order valence-electron chi connectivity index (χ4n) is 3.44. The molecule has 1 amide bonds. The van der Waals surface area contributed by atoms with Crippen LogP contribution in [0.5, 0.6) is 0 Å². The summed E-state index contributed by atoms with van der Waals surface area (Å²) >= 11 is 0. The molecule has 1 aliphatic rings. The smallest absolute Gasteiger partial charge is 0.253 e. The van der Waals surface area contributed by atoms with Crippen molar-refractivity contribution in [3.63, 3.8) is 0 Å². The summed E-state index contributed by atoms with van der Waals surface area (Å²) in [5.74, 6) is 1.76. The summed E-state index contributed by atoms with van der Waals surface area (Å²) in [7, 11) is 0. The molecule has 0 radical (unpaired) electrons. The van der Waals surface area contributed by atoms with Gasteiger partial charge >= 0.3 is 0 Å². The van der Waals surface area contributed by atoms with Gasteiger partial charge in [0.1, 0.15) is 11.5 Å². The number of aryl methyl sites for hydroxylation is 1. The first-order valence-corrected chi connectivity index (χ1v) is 8.90. The minimum absolute atomic E-state index is 0.0780. The Kier molecular flexibility index (Phi) is 4.48. The van der Waals surface area contributed by atoms with Gasteiger partial charge < -0.3 is 9.88 Å². The SMILES string of the molecule is Cc1cc(-c2ncc[nH]2)nc([C@H]2CCCN(C(=O)c3ccccc3)C2)n1. The van der Waals surface area contributed by atoms with Crippen LogP contribution in [-0.4, -0.2) is 43.8 Å². The zero-order chi connectivity index (χ0) is 17.9. The molecule has 6 heteroatoms. The van der Waals surface area contributed by atoms with Crippen molar-refractivity contribution in [2.24, 2.45) is 0 Å². The van der Waals surface area contributed by atoms with Gasteiger partial charge in [0.25, 0.3) is 5.91 Å². The highest BCUT2D eigenvalue weighted by molar-refractivity contribution is 5.94. The third-order valence-corrected chi connectivity index (χ3v) is 4.71. The van der Waals surface area contributed by atoms with E-state index in [1.165, 1.54) is 0 Å². The third kappa shape index (κ3) is 3.35. The number of hydrogen-bond acceptors (Lipinski definition) is 4. The van der Waals surface area contributed by atoms with Gasteiger partial charge in [-0.05, 0) is 38.0 Å². The summed E-state index contributed by atoms with van der Waals surface area (Å²) in [6, 6.07) is 11.4. The molecule has 1 aliphatic heterocycles. The molecule has 0 unspecified atom stereocenters. The minimum atomic E-state index is 0.0780. The zero-order valence-electron chi connectivity index (χ0n) is 14.7. The van der Waals surface area contributed by atoms with Crippen LogP contribution in [0.1, 0.15) is 40.6 Å². The lowest BCUT2D eigenvalue weighted by molar-refractivity contribution is 0.0704. The average molecular weight is 347 g/mol. The number of aromatic amines is 1. The lowest BCUT2D eigenvalue weighted by atomic mass is 9.96. The summed E-state index contributed by atoms with van der Waals surface area (Å²) in [6.45, 7) is 3.39. The zero-order valence-corrected chi connectivity index (χ0v) is 14.7. The molecule has 132 valence electrons. The molecular formula is C20H21N5O. The first-order valence-electron chi connectivity index (χ1n) is 8.90. The number of carbonyl (C=O) groups is 1. The first-order chi connectivity index (χ1) is 12.7. The molecule has 0 bridgehead atoms. The van der Waals surface area contributed by atoms with Crippen LogP contribution >= 0.6 is 0 Å². The predicted octanol–water partition coefficient (Wildman–Crippen LogP) is 3.19. The fraction of sp³-hybridized carbons (Fsp3) is 0.300. The molecule has 26 heavy (non-hydrogen) atoms. The molecule has 2 aromatic heterocycles. The molecule has 3 heterocycles. The topological polar surface area (TPSA) is 74.8 Å². The maximum atomic E-state index is 12.8. The molecule has 0 aliphatic carbocycles. The largest absolute Gasteiger partial charge is 0.343 e. The van der Waals surface area contributed by atoms with Gasteiger partial charge in [-0.15, -0.1) is 0 Å². The van der Waals surface area contributed by atoms with E-state index in [0.717, 1.165) is 48.0 Å². The van der Waals surface area contributed by atoms with Crippen molar-refractivity contribution in [1.82, 2.24) is 24.8 Å². The van der Waals surface area contributed by atoms with E-state index in [4.69, 9.17) is 4.98 Å². The van der Waals surface area contributed by atoms with Crippen LogP contribution in [0.2, 0.25) is 0 Å². The molecule has 1 fully saturated rings. The van der Waals surface area contributed by atoms with Crippen molar-refractivity contribution in [3.05, 3.63) is 65.9 Å². The highest BCUT2D eigenvalue weighted by Crippen LogP contribution is 2.27. The number of rotatable bonds is 3. The van der Waals surface area contributed by atoms with Crippen molar-refractivity contribution in [1.29, 1.82) is 0 Å². The van der Waals surface area contributed by atoms with Crippen LogP contribution in [0.3, 0.4) is 0 Å². The summed E-state index contributed by atoms with van der Waals surface area (Å²) in [6.07, 6.45) is 5.44. The molecule has 1 atom stereocenters. The Hall–Kier alpha value is -3.02. The molecule has 1 N–H and O–H groups in total. The van der Waals surface area contributed by atoms with Crippen LogP contribution < -0.4 is 0 Å². The second-order valence-corrected chi connectivity index (χ2v) is 6.65. The van der Waals surface area contributed by atoms with Crippen LogP contribution in [-0.2, 0) is 0 Å². The molecular weight excluding hydrogens is 326 g/mol. The number of aromatic nitrogens is 4. The van der Waals surface area contributed by atoms with E-state index in [9.17, 15) is 4.79 Å². The molecule has 6 nitrogen and oxygen atoms in total. The van der Waals surface area contributed by atoms with Crippen molar-refractivity contribution in [2.75, 3.05) is 13.1 Å². The molecule has 3 aromatic rings. The second kappa shape index (κ2) is 7.07. The van der Waals surface area contributed by atoms with E-state index in [2.05, 4.69) is 15.0 Å². The summed E-state index contributed by atoms with van der Waals surface area (Å²) in [4.78, 5) is 31.4. The first kappa shape index (κ1) is 16.4. The quantitative estimate of drug-likeness (QED) is 0.789. The number of likely N-dealkylation sites (tertiary alicyclic amines) is 1. The van der Waals surface area contributed by atoms with Crippen LogP contribution in [0.4, 0.5) is 0 Å². The van der Waals surface area contributed by atoms with Crippen LogP contribution in [0.25, 0.3) is 11.5 Å². The van der Waals surface area contributed by atoms with Gasteiger partial charge in [-0.1, -0.05) is 18.2 Å². The van der Waals surface area contributed by atoms with Gasteiger partial charge in [-0.2, -0.15) is 0 Å². The number of amides is 1. The Morgan fingerprint density at radius 2 is 2.08 bits per heavy atom. The highest BCUT2D eigenvalue weighted by Gasteiger charge is 2.27. The molecule has 1 saturated heterocycles. The monoisotopic (exact) mass is 347 g/mol. The fourth-order valence-corrected chi connectivity index (χ4v) is 3.44. The lowest BCUT2D eigenvalue weighted by Crippen LogP contribution is -2.39. The lowest BCUT2D eigenvalue weighted by Gasteiger charge is -2.32. The van der Waals surface area contributed by atoms with Gasteiger partial charge in [0.05, 0.1) is 0 Å². The Morgan fingerprint density at radius 3 is 2.85 bits per heavy atom. The number of nitrogens with one attached hydrogen (secondary N) is 1. The van der Waals surface area contributed by atoms with Crippen molar-refractivity contribution in [3.8, 4) is 11.5 Å². The van der Waals surface area contributed by atoms with Gasteiger partial charge in [-0.3, -0.25) is 4.79 Å². The van der Waals surface area contributed by atoms with Gasteiger partial charge in [-0.25, -0.2) is 15.0 Å². The van der Waals surface area contributed by atoms with Crippen molar-refractivity contribution >= 4 is 5.91 Å². The van der Waals surface area contributed by atoms with Crippen molar-refractivity contribution < 1.29 is 4.79 Å². The summed E-state index contributed by atoms with van der Waals surface area (Å²) < 4.78 is 0. The highest BCUT2D eigenvalue weighted by atomic mass is 16.2. The van der Waals surface area contributed by atoms with E-state index in [-0.39, 0.29) is 11.8 Å². The number of imidazole rings is 1. The Bertz CT molecular complexity index is 892. The molecule has 4 rings (SSSR count). The molecule has 0 spiro atoms. The van der Waals surface area contributed by atoms with E-state index >= 15 is 0 Å². The Balaban J connectivity index is 1.57. The van der Waals surface area contributed by atoms with E-state index in [0.29, 0.717) is 6.54 Å².